The summed E-state index contributed by atoms with van der Waals surface area (Å²) in [5, 5.41) is 16.6. The maximum absolute atomic E-state index is 12.1. The number of hydrogen-bond acceptors (Lipinski definition) is 4. The zero-order valence-corrected chi connectivity index (χ0v) is 13.6. The summed E-state index contributed by atoms with van der Waals surface area (Å²) in [5.41, 5.74) is 1.50. The fourth-order valence-electron chi connectivity index (χ4n) is 2.10. The summed E-state index contributed by atoms with van der Waals surface area (Å²) < 4.78 is 23.0. The number of aryl methyl sites for hydroxylation is 1. The van der Waals surface area contributed by atoms with E-state index in [0.717, 1.165) is 0 Å². The minimum absolute atomic E-state index is 0.0963. The van der Waals surface area contributed by atoms with Crippen molar-refractivity contribution in [2.45, 2.75) is 18.4 Å². The summed E-state index contributed by atoms with van der Waals surface area (Å²) in [5.74, 6) is -1.48. The fraction of sp³-hybridized carbons (Fsp3) is 0.125. The third-order valence-corrected chi connectivity index (χ3v) is 4.46. The molecule has 0 saturated heterocycles. The number of sulfonamides is 1. The van der Waals surface area contributed by atoms with Gasteiger partial charge in [0.1, 0.15) is 0 Å². The summed E-state index contributed by atoms with van der Waals surface area (Å²) in [6.45, 7) is 1.77. The van der Waals surface area contributed by atoms with Gasteiger partial charge in [0.05, 0.1) is 10.5 Å². The molecule has 2 rings (SSSR count). The van der Waals surface area contributed by atoms with E-state index in [-0.39, 0.29) is 22.6 Å². The van der Waals surface area contributed by atoms with Gasteiger partial charge in [-0.25, -0.2) is 18.4 Å². The molecule has 7 nitrogen and oxygen atoms in total. The van der Waals surface area contributed by atoms with Crippen LogP contribution in [0.4, 0.5) is 0 Å². The van der Waals surface area contributed by atoms with Crippen molar-refractivity contribution < 1.29 is 23.1 Å². The molecule has 0 atom stereocenters. The minimum atomic E-state index is -3.91. The molecule has 0 fully saturated rings. The molecule has 4 N–H and O–H groups in total. The second-order valence-corrected chi connectivity index (χ2v) is 6.74. The van der Waals surface area contributed by atoms with Crippen LogP contribution in [0.25, 0.3) is 0 Å². The molecule has 0 aliphatic carbocycles. The molecule has 0 aliphatic heterocycles. The number of aromatic carboxylic acids is 1. The summed E-state index contributed by atoms with van der Waals surface area (Å²) in [6.07, 6.45) is 0. The minimum Gasteiger partial charge on any atom is -0.478 e. The van der Waals surface area contributed by atoms with Crippen molar-refractivity contribution in [3.63, 3.8) is 0 Å². The topological polar surface area (TPSA) is 127 Å². The molecule has 1 amide bonds. The first kappa shape index (κ1) is 17.6. The Morgan fingerprint density at radius 1 is 1.08 bits per heavy atom. The van der Waals surface area contributed by atoms with E-state index in [0.29, 0.717) is 11.1 Å². The second-order valence-electron chi connectivity index (χ2n) is 5.21. The van der Waals surface area contributed by atoms with E-state index in [9.17, 15) is 18.0 Å². The van der Waals surface area contributed by atoms with E-state index in [1.165, 1.54) is 30.3 Å². The summed E-state index contributed by atoms with van der Waals surface area (Å²) in [6, 6.07) is 10.3. The van der Waals surface area contributed by atoms with Crippen LogP contribution in [0.5, 0.6) is 0 Å². The van der Waals surface area contributed by atoms with E-state index < -0.39 is 21.9 Å². The number of primary sulfonamides is 1. The van der Waals surface area contributed by atoms with Gasteiger partial charge in [0.15, 0.2) is 0 Å². The molecule has 24 heavy (non-hydrogen) atoms. The highest BCUT2D eigenvalue weighted by Crippen LogP contribution is 2.15. The van der Waals surface area contributed by atoms with Gasteiger partial charge in [-0.2, -0.15) is 0 Å². The summed E-state index contributed by atoms with van der Waals surface area (Å²) in [4.78, 5) is 22.8. The number of carboxylic acids is 1. The van der Waals surface area contributed by atoms with Crippen LogP contribution >= 0.6 is 0 Å². The predicted molar refractivity (Wildman–Crippen MR) is 87.1 cm³/mol. The van der Waals surface area contributed by atoms with E-state index in [1.807, 2.05) is 0 Å². The number of nitrogens with two attached hydrogens (primary N) is 1. The van der Waals surface area contributed by atoms with Crippen molar-refractivity contribution >= 4 is 21.9 Å². The maximum atomic E-state index is 12.1. The van der Waals surface area contributed by atoms with Crippen LogP contribution in [-0.2, 0) is 16.6 Å². The first-order valence-corrected chi connectivity index (χ1v) is 8.47. The largest absolute Gasteiger partial charge is 0.478 e. The van der Waals surface area contributed by atoms with E-state index >= 15 is 0 Å². The number of carbonyl (C=O) groups excluding carboxylic acids is 1. The lowest BCUT2D eigenvalue weighted by Gasteiger charge is -2.08. The predicted octanol–water partition coefficient (Wildman–Crippen LogP) is 1.27. The lowest BCUT2D eigenvalue weighted by atomic mass is 10.1. The SMILES string of the molecule is Cc1ccc(C(=O)NCc2ccc(C(=O)O)cc2)cc1S(N)(=O)=O. The zero-order valence-electron chi connectivity index (χ0n) is 12.8. The molecule has 0 spiro atoms. The van der Waals surface area contributed by atoms with Crippen LogP contribution in [0, 0.1) is 6.92 Å². The van der Waals surface area contributed by atoms with Gasteiger partial charge < -0.3 is 10.4 Å². The third-order valence-electron chi connectivity index (χ3n) is 3.41. The van der Waals surface area contributed by atoms with Crippen LogP contribution in [0.1, 0.15) is 31.8 Å². The van der Waals surface area contributed by atoms with Gasteiger partial charge in [-0.3, -0.25) is 4.79 Å². The summed E-state index contributed by atoms with van der Waals surface area (Å²) >= 11 is 0. The van der Waals surface area contributed by atoms with Crippen molar-refractivity contribution in [2.24, 2.45) is 5.14 Å². The number of hydrogen-bond donors (Lipinski definition) is 3. The molecular weight excluding hydrogens is 332 g/mol. The van der Waals surface area contributed by atoms with Gasteiger partial charge >= 0.3 is 5.97 Å². The Bertz CT molecular complexity index is 889. The fourth-order valence-corrected chi connectivity index (χ4v) is 2.91. The molecule has 0 radical (unpaired) electrons. The Morgan fingerprint density at radius 3 is 2.21 bits per heavy atom. The molecule has 2 aromatic rings. The van der Waals surface area contributed by atoms with Crippen molar-refractivity contribution in [1.82, 2.24) is 5.32 Å². The Balaban J connectivity index is 2.11. The number of benzene rings is 2. The van der Waals surface area contributed by atoms with Crippen molar-refractivity contribution in [3.05, 3.63) is 64.7 Å². The van der Waals surface area contributed by atoms with E-state index in [4.69, 9.17) is 10.2 Å². The number of carbonyl (C=O) groups is 2. The number of nitrogens with one attached hydrogen (secondary N) is 1. The molecule has 0 unspecified atom stereocenters. The van der Waals surface area contributed by atoms with Crippen molar-refractivity contribution in [3.8, 4) is 0 Å². The molecule has 8 heteroatoms. The molecule has 0 saturated carbocycles. The van der Waals surface area contributed by atoms with Crippen LogP contribution in [0.2, 0.25) is 0 Å². The monoisotopic (exact) mass is 348 g/mol. The molecule has 0 aromatic heterocycles. The Hall–Kier alpha value is -2.71. The van der Waals surface area contributed by atoms with Gasteiger partial charge in [-0.15, -0.1) is 0 Å². The van der Waals surface area contributed by atoms with Gasteiger partial charge in [0.25, 0.3) is 5.91 Å². The smallest absolute Gasteiger partial charge is 0.335 e. The Labute approximate surface area is 139 Å². The highest BCUT2D eigenvalue weighted by molar-refractivity contribution is 7.89. The van der Waals surface area contributed by atoms with Crippen LogP contribution in [0.3, 0.4) is 0 Å². The quantitative estimate of drug-likeness (QED) is 0.750. The highest BCUT2D eigenvalue weighted by Gasteiger charge is 2.15. The first-order valence-electron chi connectivity index (χ1n) is 6.92. The van der Waals surface area contributed by atoms with Crippen molar-refractivity contribution in [2.75, 3.05) is 0 Å². The number of rotatable bonds is 5. The number of carboxylic acid groups (broad SMARTS) is 1. The first-order chi connectivity index (χ1) is 11.2. The van der Waals surface area contributed by atoms with Gasteiger partial charge in [-0.05, 0) is 42.3 Å². The van der Waals surface area contributed by atoms with Crippen LogP contribution < -0.4 is 10.5 Å². The van der Waals surface area contributed by atoms with Crippen molar-refractivity contribution in [1.29, 1.82) is 0 Å². The molecular formula is C16H16N2O5S. The molecule has 0 heterocycles. The van der Waals surface area contributed by atoms with Gasteiger partial charge in [-0.1, -0.05) is 18.2 Å². The molecule has 2 aromatic carbocycles. The Morgan fingerprint density at radius 2 is 1.67 bits per heavy atom. The lowest BCUT2D eigenvalue weighted by molar-refractivity contribution is 0.0696. The van der Waals surface area contributed by atoms with Gasteiger partial charge in [0.2, 0.25) is 10.0 Å². The highest BCUT2D eigenvalue weighted by atomic mass is 32.2. The molecule has 0 aliphatic rings. The Kier molecular flexibility index (Phi) is 5.01. The zero-order chi connectivity index (χ0) is 17.9. The normalized spacial score (nSPS) is 11.1. The average molecular weight is 348 g/mol. The van der Waals surface area contributed by atoms with Crippen LogP contribution in [-0.4, -0.2) is 25.4 Å². The second kappa shape index (κ2) is 6.81. The molecule has 126 valence electrons. The third kappa shape index (κ3) is 4.18. The maximum Gasteiger partial charge on any atom is 0.335 e. The molecule has 0 bridgehead atoms. The lowest BCUT2D eigenvalue weighted by Crippen LogP contribution is -2.23. The average Bonchev–Trinajstić information content (AvgIpc) is 2.52. The standard InChI is InChI=1S/C16H16N2O5S/c1-10-2-5-13(8-14(10)24(17,22)23)15(19)18-9-11-3-6-12(7-4-11)16(20)21/h2-8H,9H2,1H3,(H,18,19)(H,20,21)(H2,17,22,23). The van der Waals surface area contributed by atoms with E-state index in [2.05, 4.69) is 5.32 Å². The van der Waals surface area contributed by atoms with Crippen LogP contribution in [0.15, 0.2) is 47.4 Å². The number of amides is 1. The summed E-state index contributed by atoms with van der Waals surface area (Å²) in [7, 11) is -3.91. The van der Waals surface area contributed by atoms with Gasteiger partial charge in [0, 0.05) is 12.1 Å². The van der Waals surface area contributed by atoms with E-state index in [1.54, 1.807) is 19.1 Å².